The molecule has 16 aromatic rings. The molecule has 0 unspecified atom stereocenters. The number of aryl methyl sites for hydroxylation is 2. The van der Waals surface area contributed by atoms with Crippen LogP contribution >= 0.6 is 22.7 Å². The fourth-order valence-electron chi connectivity index (χ4n) is 13.2. The van der Waals surface area contributed by atoms with Crippen molar-refractivity contribution in [3.63, 3.8) is 0 Å². The summed E-state index contributed by atoms with van der Waals surface area (Å²) >= 11 is 3.72. The van der Waals surface area contributed by atoms with E-state index in [1.165, 1.54) is 118 Å². The molecule has 0 N–H and O–H groups in total. The lowest BCUT2D eigenvalue weighted by molar-refractivity contribution is 1.24. The Morgan fingerprint density at radius 2 is 0.489 bits per heavy atom. The first-order valence-electron chi connectivity index (χ1n) is 30.8. The molecule has 0 aliphatic carbocycles. The molecule has 2 heterocycles. The Hall–Kier alpha value is -10.9. The zero-order chi connectivity index (χ0) is 60.1. The Balaban J connectivity index is 0.777. The van der Waals surface area contributed by atoms with Crippen LogP contribution in [0.3, 0.4) is 0 Å². The molecule has 90 heavy (non-hydrogen) atoms. The number of benzene rings is 14. The van der Waals surface area contributed by atoms with E-state index in [0.717, 1.165) is 45.3 Å². The minimum Gasteiger partial charge on any atom is -0.310 e. The summed E-state index contributed by atoms with van der Waals surface area (Å²) in [7, 11) is 0. The van der Waals surface area contributed by atoms with Crippen LogP contribution in [0.2, 0.25) is 0 Å². The molecule has 0 radical (unpaired) electrons. The van der Waals surface area contributed by atoms with E-state index < -0.39 is 0 Å². The summed E-state index contributed by atoms with van der Waals surface area (Å²) in [6.07, 6.45) is 0. The average molecular weight is 1190 g/mol. The number of hydrogen-bond acceptors (Lipinski definition) is 4. The third kappa shape index (κ3) is 10.2. The number of anilines is 6. The summed E-state index contributed by atoms with van der Waals surface area (Å²) in [6, 6.07) is 121. The van der Waals surface area contributed by atoms with Gasteiger partial charge >= 0.3 is 0 Å². The summed E-state index contributed by atoms with van der Waals surface area (Å²) in [5.74, 6) is 0. The van der Waals surface area contributed by atoms with Crippen LogP contribution in [0.4, 0.5) is 34.1 Å². The molecule has 426 valence electrons. The molecule has 0 spiro atoms. The third-order valence-corrected chi connectivity index (χ3v) is 20.1. The highest BCUT2D eigenvalue weighted by atomic mass is 32.1. The van der Waals surface area contributed by atoms with Crippen molar-refractivity contribution < 1.29 is 0 Å². The highest BCUT2D eigenvalue weighted by Crippen LogP contribution is 2.48. The number of nitrogens with zero attached hydrogens (tertiary/aromatic N) is 2. The zero-order valence-electron chi connectivity index (χ0n) is 49.9. The lowest BCUT2D eigenvalue weighted by atomic mass is 9.96. The largest absolute Gasteiger partial charge is 0.310 e. The SMILES string of the molecule is Cc1cc(-c2ccc(N(c3ccc(-c4ccc(-c5ccccc5)cc4)cc3)c3ccccc3-c3ccc4sc5ccccc5c4c3)c(C)c2)ccc1N(c1ccc(-c2ccc(-c3ccccc3)cc2)cc1)c1ccccc1-c1ccc2sc3ccccc3c2c1. The van der Waals surface area contributed by atoms with Crippen molar-refractivity contribution in [3.05, 3.63) is 339 Å². The Labute approximate surface area is 533 Å². The van der Waals surface area contributed by atoms with Crippen LogP contribution in [0.1, 0.15) is 11.1 Å². The molecule has 0 atom stereocenters. The van der Waals surface area contributed by atoms with Crippen molar-refractivity contribution in [3.8, 4) is 77.9 Å². The Kier molecular flexibility index (Phi) is 14.1. The fourth-order valence-corrected chi connectivity index (χ4v) is 15.4. The highest BCUT2D eigenvalue weighted by molar-refractivity contribution is 7.26. The molecular weight excluding hydrogens is 1130 g/mol. The minimum absolute atomic E-state index is 1.09. The summed E-state index contributed by atoms with van der Waals surface area (Å²) in [4.78, 5) is 4.92. The maximum atomic E-state index is 2.46. The second kappa shape index (κ2) is 23.3. The molecular formula is C86H60N2S2. The quantitative estimate of drug-likeness (QED) is 0.114. The van der Waals surface area contributed by atoms with Crippen LogP contribution < -0.4 is 9.80 Å². The molecule has 0 fully saturated rings. The lowest BCUT2D eigenvalue weighted by Crippen LogP contribution is -2.13. The maximum absolute atomic E-state index is 2.46. The standard InChI is InChI=1S/C86H60N2S2/c1-57-53-67(41-49-79(57)87(71-45-37-65(38-46-71)63-33-29-61(30-34-63)59-17-5-3-6-18-59)81-25-13-9-21-73(81)69-43-51-85-77(55-69)75-23-11-15-27-83(75)89-85)68-42-50-80(58(2)54-68)88(72-47-39-66(40-48-72)64-35-31-62(32-36-64)60-19-7-4-8-20-60)82-26-14-10-22-74(82)70-44-52-86-78(56-70)76-24-12-16-28-84(76)90-86/h3-56H,1-2H3. The monoisotopic (exact) mass is 1180 g/mol. The second-order valence-electron chi connectivity index (χ2n) is 23.3. The van der Waals surface area contributed by atoms with Gasteiger partial charge in [0.05, 0.1) is 11.4 Å². The number of rotatable bonds is 13. The van der Waals surface area contributed by atoms with Crippen LogP contribution in [-0.2, 0) is 0 Å². The molecule has 16 rings (SSSR count). The van der Waals surface area contributed by atoms with Crippen molar-refractivity contribution in [1.82, 2.24) is 0 Å². The molecule has 14 aromatic carbocycles. The molecule has 2 nitrogen and oxygen atoms in total. The van der Waals surface area contributed by atoms with Crippen LogP contribution in [0, 0.1) is 13.8 Å². The molecule has 0 bridgehead atoms. The molecule has 0 aliphatic heterocycles. The topological polar surface area (TPSA) is 6.48 Å². The molecule has 0 aliphatic rings. The Bertz CT molecular complexity index is 4960. The molecule has 0 amide bonds. The first-order valence-corrected chi connectivity index (χ1v) is 32.4. The van der Waals surface area contributed by atoms with Crippen molar-refractivity contribution in [2.75, 3.05) is 9.80 Å². The van der Waals surface area contributed by atoms with Crippen molar-refractivity contribution in [2.24, 2.45) is 0 Å². The number of fused-ring (bicyclic) bond motifs is 6. The van der Waals surface area contributed by atoms with Gasteiger partial charge in [-0.3, -0.25) is 0 Å². The summed E-state index contributed by atoms with van der Waals surface area (Å²) in [5.41, 5.74) is 25.6. The molecule has 0 saturated heterocycles. The zero-order valence-corrected chi connectivity index (χ0v) is 51.5. The van der Waals surface area contributed by atoms with Crippen LogP contribution in [-0.4, -0.2) is 0 Å². The van der Waals surface area contributed by atoms with E-state index in [4.69, 9.17) is 0 Å². The number of thiophene rings is 2. The smallest absolute Gasteiger partial charge is 0.0540 e. The van der Waals surface area contributed by atoms with E-state index in [1.807, 2.05) is 22.7 Å². The molecule has 2 aromatic heterocycles. The van der Waals surface area contributed by atoms with Gasteiger partial charge in [0.25, 0.3) is 0 Å². The number of hydrogen-bond donors (Lipinski definition) is 0. The first-order chi connectivity index (χ1) is 44.4. The van der Waals surface area contributed by atoms with E-state index in [1.54, 1.807) is 0 Å². The molecule has 0 saturated carbocycles. The second-order valence-corrected chi connectivity index (χ2v) is 25.5. The first kappa shape index (κ1) is 54.5. The predicted molar refractivity (Wildman–Crippen MR) is 389 cm³/mol. The maximum Gasteiger partial charge on any atom is 0.0540 e. The van der Waals surface area contributed by atoms with Gasteiger partial charge in [-0.2, -0.15) is 0 Å². The van der Waals surface area contributed by atoms with E-state index in [9.17, 15) is 0 Å². The van der Waals surface area contributed by atoms with Crippen molar-refractivity contribution in [1.29, 1.82) is 0 Å². The van der Waals surface area contributed by atoms with Gasteiger partial charge in [0.1, 0.15) is 0 Å². The van der Waals surface area contributed by atoms with Gasteiger partial charge in [-0.15, -0.1) is 22.7 Å². The lowest BCUT2D eigenvalue weighted by Gasteiger charge is -2.30. The number of para-hydroxylation sites is 2. The van der Waals surface area contributed by atoms with Gasteiger partial charge in [0, 0.05) is 74.2 Å². The summed E-state index contributed by atoms with van der Waals surface area (Å²) in [6.45, 7) is 4.52. The Morgan fingerprint density at radius 1 is 0.200 bits per heavy atom. The van der Waals surface area contributed by atoms with Gasteiger partial charge in [-0.25, -0.2) is 0 Å². The van der Waals surface area contributed by atoms with E-state index in [-0.39, 0.29) is 0 Å². The van der Waals surface area contributed by atoms with Crippen LogP contribution in [0.25, 0.3) is 118 Å². The van der Waals surface area contributed by atoms with E-state index in [2.05, 4.69) is 351 Å². The summed E-state index contributed by atoms with van der Waals surface area (Å²) in [5, 5.41) is 5.17. The van der Waals surface area contributed by atoms with E-state index >= 15 is 0 Å². The van der Waals surface area contributed by atoms with Gasteiger partial charge in [0.15, 0.2) is 0 Å². The van der Waals surface area contributed by atoms with Gasteiger partial charge in [0.2, 0.25) is 0 Å². The summed E-state index contributed by atoms with van der Waals surface area (Å²) < 4.78 is 5.21. The predicted octanol–water partition coefficient (Wildman–Crippen LogP) is 25.6. The van der Waals surface area contributed by atoms with Crippen molar-refractivity contribution in [2.45, 2.75) is 13.8 Å². The Morgan fingerprint density at radius 3 is 0.867 bits per heavy atom. The third-order valence-electron chi connectivity index (χ3n) is 17.8. The minimum atomic E-state index is 1.09. The normalized spacial score (nSPS) is 11.4. The van der Waals surface area contributed by atoms with Gasteiger partial charge in [-0.1, -0.05) is 231 Å². The highest BCUT2D eigenvalue weighted by Gasteiger charge is 2.23. The van der Waals surface area contributed by atoms with Crippen LogP contribution in [0.15, 0.2) is 328 Å². The average Bonchev–Trinajstić information content (AvgIpc) is 1.74. The van der Waals surface area contributed by atoms with E-state index in [0.29, 0.717) is 0 Å². The van der Waals surface area contributed by atoms with Gasteiger partial charge in [-0.05, 0) is 189 Å². The van der Waals surface area contributed by atoms with Crippen LogP contribution in [0.5, 0.6) is 0 Å². The fraction of sp³-hybridized carbons (Fsp3) is 0.0233. The van der Waals surface area contributed by atoms with Gasteiger partial charge < -0.3 is 9.80 Å². The molecule has 4 heteroatoms. The van der Waals surface area contributed by atoms with Crippen molar-refractivity contribution >= 4 is 97.1 Å².